The highest BCUT2D eigenvalue weighted by atomic mass is 32.1. The number of carbonyl (C=O) groups is 2. The van der Waals surface area contributed by atoms with Crippen LogP contribution in [-0.4, -0.2) is 28.6 Å². The maximum absolute atomic E-state index is 12.8. The van der Waals surface area contributed by atoms with Crippen LogP contribution >= 0.6 is 11.3 Å². The van der Waals surface area contributed by atoms with Gasteiger partial charge >= 0.3 is 12.1 Å². The minimum absolute atomic E-state index is 0.0676. The van der Waals surface area contributed by atoms with Crippen molar-refractivity contribution in [1.29, 1.82) is 0 Å². The highest BCUT2D eigenvalue weighted by molar-refractivity contribution is 7.13. The third-order valence-corrected chi connectivity index (χ3v) is 5.31. The van der Waals surface area contributed by atoms with E-state index in [4.69, 9.17) is 9.26 Å². The molecule has 0 aliphatic heterocycles. The van der Waals surface area contributed by atoms with Gasteiger partial charge in [0.15, 0.2) is 6.61 Å². The molecule has 0 saturated heterocycles. The van der Waals surface area contributed by atoms with E-state index in [2.05, 4.69) is 15.5 Å². The number of hydrogen-bond donors (Lipinski definition) is 1. The summed E-state index contributed by atoms with van der Waals surface area (Å²) in [7, 11) is 0. The van der Waals surface area contributed by atoms with E-state index in [9.17, 15) is 22.8 Å². The summed E-state index contributed by atoms with van der Waals surface area (Å²) in [6, 6.07) is 9.31. The van der Waals surface area contributed by atoms with E-state index in [0.29, 0.717) is 16.8 Å². The van der Waals surface area contributed by atoms with Gasteiger partial charge in [-0.3, -0.25) is 4.79 Å². The molecule has 11 heteroatoms. The van der Waals surface area contributed by atoms with Crippen molar-refractivity contribution in [3.05, 3.63) is 64.7 Å². The molecular weight excluding hydrogens is 447 g/mol. The molecule has 1 N–H and O–H groups in total. The zero-order chi connectivity index (χ0) is 22.9. The van der Waals surface area contributed by atoms with Gasteiger partial charge in [-0.2, -0.15) is 13.2 Å². The number of amides is 1. The molecule has 4 aromatic rings. The lowest BCUT2D eigenvalue weighted by atomic mass is 10.1. The normalized spacial score (nSPS) is 11.5. The lowest BCUT2D eigenvalue weighted by molar-refractivity contribution is -0.137. The SMILES string of the molecule is Cc1noc2nc(-c3cccs3)cc(C(=O)OCC(=O)Nc3cccc(C(F)(F)F)c3)c12. The van der Waals surface area contributed by atoms with E-state index < -0.39 is 30.2 Å². The van der Waals surface area contributed by atoms with Crippen LogP contribution in [0.15, 0.2) is 52.4 Å². The first-order chi connectivity index (χ1) is 15.2. The summed E-state index contributed by atoms with van der Waals surface area (Å²) >= 11 is 1.41. The first-order valence-corrected chi connectivity index (χ1v) is 10.1. The van der Waals surface area contributed by atoms with E-state index in [-0.39, 0.29) is 17.0 Å². The minimum Gasteiger partial charge on any atom is -0.452 e. The molecule has 0 unspecified atom stereocenters. The average molecular weight is 461 g/mol. The van der Waals surface area contributed by atoms with Crippen LogP contribution in [-0.2, 0) is 15.7 Å². The number of ether oxygens (including phenoxy) is 1. The second kappa shape index (κ2) is 8.42. The van der Waals surface area contributed by atoms with Gasteiger partial charge in [0, 0.05) is 5.69 Å². The van der Waals surface area contributed by atoms with Crippen molar-refractivity contribution < 1.29 is 32.0 Å². The highest BCUT2D eigenvalue weighted by Crippen LogP contribution is 2.31. The number of halogens is 3. The Hall–Kier alpha value is -3.73. The van der Waals surface area contributed by atoms with Crippen LogP contribution < -0.4 is 5.32 Å². The summed E-state index contributed by atoms with van der Waals surface area (Å²) in [5.41, 5.74) is 0.185. The number of hydrogen-bond acceptors (Lipinski definition) is 7. The summed E-state index contributed by atoms with van der Waals surface area (Å²) in [5, 5.41) is 8.31. The maximum Gasteiger partial charge on any atom is 0.416 e. The van der Waals surface area contributed by atoms with E-state index in [0.717, 1.165) is 17.0 Å². The zero-order valence-corrected chi connectivity index (χ0v) is 17.2. The Labute approximate surface area is 182 Å². The molecule has 164 valence electrons. The third kappa shape index (κ3) is 4.47. The predicted octanol–water partition coefficient (Wildman–Crippen LogP) is 5.07. The second-order valence-electron chi connectivity index (χ2n) is 6.68. The van der Waals surface area contributed by atoms with Crippen LogP contribution in [0.1, 0.15) is 21.6 Å². The summed E-state index contributed by atoms with van der Waals surface area (Å²) in [4.78, 5) is 30.0. The second-order valence-corrected chi connectivity index (χ2v) is 7.63. The van der Waals surface area contributed by atoms with Gasteiger partial charge in [-0.1, -0.05) is 17.3 Å². The average Bonchev–Trinajstić information content (AvgIpc) is 3.41. The standard InChI is InChI=1S/C21H14F3N3O4S/c1-11-18-14(9-15(16-6-3-7-32-16)26-19(18)31-27-11)20(29)30-10-17(28)25-13-5-2-4-12(8-13)21(22,23)24/h2-9H,10H2,1H3,(H,25,28). The number of nitrogens with zero attached hydrogens (tertiary/aromatic N) is 2. The molecule has 4 rings (SSSR count). The van der Waals surface area contributed by atoms with Crippen molar-refractivity contribution in [2.45, 2.75) is 13.1 Å². The largest absolute Gasteiger partial charge is 0.452 e. The van der Waals surface area contributed by atoms with Crippen LogP contribution in [0.3, 0.4) is 0 Å². The lowest BCUT2D eigenvalue weighted by Gasteiger charge is -2.10. The molecule has 0 atom stereocenters. The van der Waals surface area contributed by atoms with Crippen molar-refractivity contribution >= 4 is 40.0 Å². The van der Waals surface area contributed by atoms with E-state index in [1.165, 1.54) is 29.5 Å². The number of rotatable bonds is 5. The van der Waals surface area contributed by atoms with Gasteiger partial charge in [0.1, 0.15) is 0 Å². The molecule has 3 aromatic heterocycles. The number of pyridine rings is 1. The van der Waals surface area contributed by atoms with E-state index in [1.54, 1.807) is 6.92 Å². The number of anilines is 1. The quantitative estimate of drug-likeness (QED) is 0.417. The Bertz CT molecular complexity index is 1300. The topological polar surface area (TPSA) is 94.3 Å². The summed E-state index contributed by atoms with van der Waals surface area (Å²) in [5.74, 6) is -1.61. The lowest BCUT2D eigenvalue weighted by Crippen LogP contribution is -2.21. The molecule has 3 heterocycles. The number of esters is 1. The van der Waals surface area contributed by atoms with Crippen LogP contribution in [0.25, 0.3) is 21.7 Å². The fourth-order valence-electron chi connectivity index (χ4n) is 2.99. The number of thiophene rings is 1. The van der Waals surface area contributed by atoms with Gasteiger partial charge < -0.3 is 14.6 Å². The highest BCUT2D eigenvalue weighted by Gasteiger charge is 2.30. The molecule has 0 spiro atoms. The molecule has 32 heavy (non-hydrogen) atoms. The van der Waals surface area contributed by atoms with Crippen molar-refractivity contribution in [1.82, 2.24) is 10.1 Å². The Morgan fingerprint density at radius 1 is 1.19 bits per heavy atom. The van der Waals surface area contributed by atoms with Crippen molar-refractivity contribution in [2.75, 3.05) is 11.9 Å². The van der Waals surface area contributed by atoms with E-state index in [1.807, 2.05) is 17.5 Å². The van der Waals surface area contributed by atoms with Gasteiger partial charge in [-0.05, 0) is 42.6 Å². The zero-order valence-electron chi connectivity index (χ0n) is 16.4. The Balaban J connectivity index is 1.51. The van der Waals surface area contributed by atoms with Gasteiger partial charge in [0.2, 0.25) is 0 Å². The van der Waals surface area contributed by atoms with Gasteiger partial charge in [-0.15, -0.1) is 11.3 Å². The molecular formula is C21H14F3N3O4S. The summed E-state index contributed by atoms with van der Waals surface area (Å²) < 4.78 is 48.7. The fraction of sp³-hybridized carbons (Fsp3) is 0.143. The molecule has 1 aromatic carbocycles. The van der Waals surface area contributed by atoms with Crippen LogP contribution in [0.4, 0.5) is 18.9 Å². The van der Waals surface area contributed by atoms with E-state index >= 15 is 0 Å². The van der Waals surface area contributed by atoms with Crippen molar-refractivity contribution in [2.24, 2.45) is 0 Å². The molecule has 0 aliphatic rings. The van der Waals surface area contributed by atoms with Crippen LogP contribution in [0.5, 0.6) is 0 Å². The maximum atomic E-state index is 12.8. The molecule has 7 nitrogen and oxygen atoms in total. The smallest absolute Gasteiger partial charge is 0.416 e. The Morgan fingerprint density at radius 3 is 2.72 bits per heavy atom. The number of aromatic nitrogens is 2. The molecule has 0 fully saturated rings. The minimum atomic E-state index is -4.54. The number of aryl methyl sites for hydroxylation is 1. The molecule has 0 saturated carbocycles. The first kappa shape index (κ1) is 21.5. The van der Waals surface area contributed by atoms with Gasteiger partial charge in [-0.25, -0.2) is 9.78 Å². The first-order valence-electron chi connectivity index (χ1n) is 9.17. The number of alkyl halides is 3. The van der Waals surface area contributed by atoms with Crippen LogP contribution in [0, 0.1) is 6.92 Å². The molecule has 0 radical (unpaired) electrons. The number of fused-ring (bicyclic) bond motifs is 1. The molecule has 0 aliphatic carbocycles. The predicted molar refractivity (Wildman–Crippen MR) is 110 cm³/mol. The Morgan fingerprint density at radius 2 is 2.00 bits per heavy atom. The van der Waals surface area contributed by atoms with Gasteiger partial charge in [0.25, 0.3) is 11.6 Å². The molecule has 1 amide bonds. The Kier molecular flexibility index (Phi) is 5.66. The third-order valence-electron chi connectivity index (χ3n) is 4.42. The summed E-state index contributed by atoms with van der Waals surface area (Å²) in [6.45, 7) is 0.938. The van der Waals surface area contributed by atoms with Crippen molar-refractivity contribution in [3.63, 3.8) is 0 Å². The monoisotopic (exact) mass is 461 g/mol. The summed E-state index contributed by atoms with van der Waals surface area (Å²) in [6.07, 6.45) is -4.54. The number of benzene rings is 1. The number of nitrogens with one attached hydrogen (secondary N) is 1. The van der Waals surface area contributed by atoms with Crippen LogP contribution in [0.2, 0.25) is 0 Å². The van der Waals surface area contributed by atoms with Gasteiger partial charge in [0.05, 0.1) is 32.8 Å². The molecule has 0 bridgehead atoms. The van der Waals surface area contributed by atoms with Crippen molar-refractivity contribution in [3.8, 4) is 10.6 Å². The number of carbonyl (C=O) groups excluding carboxylic acids is 2. The fourth-order valence-corrected chi connectivity index (χ4v) is 3.67.